The molecule has 1 aromatic heterocycles. The van der Waals surface area contributed by atoms with Crippen LogP contribution in [0.5, 0.6) is 5.75 Å². The highest BCUT2D eigenvalue weighted by atomic mass is 32.2. The third-order valence-corrected chi connectivity index (χ3v) is 4.89. The van der Waals surface area contributed by atoms with Gasteiger partial charge in [-0.05, 0) is 31.5 Å². The van der Waals surface area contributed by atoms with Gasteiger partial charge in [0.2, 0.25) is 10.0 Å². The minimum Gasteiger partial charge on any atom is -0.495 e. The van der Waals surface area contributed by atoms with E-state index in [2.05, 4.69) is 5.16 Å². The highest BCUT2D eigenvalue weighted by molar-refractivity contribution is 7.89. The van der Waals surface area contributed by atoms with Crippen molar-refractivity contribution in [3.63, 3.8) is 0 Å². The van der Waals surface area contributed by atoms with Crippen LogP contribution in [0.3, 0.4) is 0 Å². The molecule has 0 atom stereocenters. The van der Waals surface area contributed by atoms with Crippen molar-refractivity contribution in [2.45, 2.75) is 25.3 Å². The Morgan fingerprint density at radius 2 is 2.00 bits per heavy atom. The van der Waals surface area contributed by atoms with Gasteiger partial charge in [-0.3, -0.25) is 0 Å². The molecular formula is C14H18N2O4S. The Kier molecular flexibility index (Phi) is 4.34. The molecule has 0 spiro atoms. The van der Waals surface area contributed by atoms with E-state index in [0.717, 1.165) is 5.56 Å². The first-order chi connectivity index (χ1) is 9.84. The van der Waals surface area contributed by atoms with Crippen LogP contribution < -0.4 is 4.74 Å². The Hall–Kier alpha value is -1.86. The fraction of sp³-hybridized carbons (Fsp3) is 0.357. The second-order valence-corrected chi connectivity index (χ2v) is 6.86. The lowest BCUT2D eigenvalue weighted by molar-refractivity contribution is 0.376. The van der Waals surface area contributed by atoms with Crippen LogP contribution in [0.4, 0.5) is 0 Å². The number of nitrogens with zero attached hydrogens (tertiary/aromatic N) is 2. The Morgan fingerprint density at radius 1 is 1.29 bits per heavy atom. The van der Waals surface area contributed by atoms with Crippen molar-refractivity contribution in [2.24, 2.45) is 0 Å². The van der Waals surface area contributed by atoms with Crippen LogP contribution in [0.25, 0.3) is 0 Å². The van der Waals surface area contributed by atoms with Gasteiger partial charge in [-0.1, -0.05) is 11.2 Å². The number of aromatic nitrogens is 1. The minimum atomic E-state index is -3.67. The molecule has 0 saturated heterocycles. The fourth-order valence-corrected chi connectivity index (χ4v) is 3.34. The van der Waals surface area contributed by atoms with Crippen molar-refractivity contribution in [1.29, 1.82) is 0 Å². The summed E-state index contributed by atoms with van der Waals surface area (Å²) in [7, 11) is -0.716. The molecule has 0 aliphatic carbocycles. The SMILES string of the molecule is COc1ccc(C)cc1S(=O)(=O)N(C)Cc1cc(C)on1. The Morgan fingerprint density at radius 3 is 2.57 bits per heavy atom. The molecule has 7 heteroatoms. The van der Waals surface area contributed by atoms with Gasteiger partial charge in [-0.25, -0.2) is 8.42 Å². The Labute approximate surface area is 124 Å². The maximum Gasteiger partial charge on any atom is 0.246 e. The predicted octanol–water partition coefficient (Wildman–Crippen LogP) is 2.12. The molecule has 0 radical (unpaired) electrons. The second-order valence-electron chi connectivity index (χ2n) is 4.84. The molecule has 0 saturated carbocycles. The summed E-state index contributed by atoms with van der Waals surface area (Å²) in [6, 6.07) is 6.76. The number of hydrogen-bond acceptors (Lipinski definition) is 5. The molecule has 0 unspecified atom stereocenters. The van der Waals surface area contributed by atoms with Gasteiger partial charge in [-0.2, -0.15) is 4.31 Å². The van der Waals surface area contributed by atoms with E-state index in [-0.39, 0.29) is 11.4 Å². The molecule has 1 heterocycles. The third kappa shape index (κ3) is 3.25. The van der Waals surface area contributed by atoms with Gasteiger partial charge in [0.05, 0.1) is 19.3 Å². The monoisotopic (exact) mass is 310 g/mol. The van der Waals surface area contributed by atoms with Gasteiger partial charge in [0, 0.05) is 13.1 Å². The molecule has 6 nitrogen and oxygen atoms in total. The highest BCUT2D eigenvalue weighted by Crippen LogP contribution is 2.27. The Balaban J connectivity index is 2.35. The third-order valence-electron chi connectivity index (χ3n) is 3.07. The van der Waals surface area contributed by atoms with Gasteiger partial charge in [0.25, 0.3) is 0 Å². The lowest BCUT2D eigenvalue weighted by Gasteiger charge is -2.18. The largest absolute Gasteiger partial charge is 0.495 e. The highest BCUT2D eigenvalue weighted by Gasteiger charge is 2.25. The maximum absolute atomic E-state index is 12.7. The summed E-state index contributed by atoms with van der Waals surface area (Å²) >= 11 is 0. The molecule has 21 heavy (non-hydrogen) atoms. The van der Waals surface area contributed by atoms with E-state index in [1.165, 1.54) is 18.5 Å². The molecule has 0 bridgehead atoms. The minimum absolute atomic E-state index is 0.136. The lowest BCUT2D eigenvalue weighted by atomic mass is 10.2. The molecule has 2 rings (SSSR count). The van der Waals surface area contributed by atoms with Crippen molar-refractivity contribution in [3.05, 3.63) is 41.3 Å². The number of benzene rings is 1. The van der Waals surface area contributed by atoms with Crippen molar-refractivity contribution in [2.75, 3.05) is 14.2 Å². The molecule has 0 amide bonds. The number of methoxy groups -OCH3 is 1. The molecular weight excluding hydrogens is 292 g/mol. The summed E-state index contributed by atoms with van der Waals surface area (Å²) < 4.78 is 36.7. The van der Waals surface area contributed by atoms with E-state index in [1.807, 2.05) is 6.92 Å². The number of aryl methyl sites for hydroxylation is 2. The van der Waals surface area contributed by atoms with Crippen LogP contribution >= 0.6 is 0 Å². The summed E-state index contributed by atoms with van der Waals surface area (Å²) in [6.45, 7) is 3.73. The van der Waals surface area contributed by atoms with Gasteiger partial charge in [0.1, 0.15) is 16.4 Å². The lowest BCUT2D eigenvalue weighted by Crippen LogP contribution is -2.27. The summed E-state index contributed by atoms with van der Waals surface area (Å²) in [5.41, 5.74) is 1.41. The Bertz CT molecular complexity index is 737. The summed E-state index contributed by atoms with van der Waals surface area (Å²) in [6.07, 6.45) is 0. The average molecular weight is 310 g/mol. The standard InChI is InChI=1S/C14H18N2O4S/c1-10-5-6-13(19-4)14(7-10)21(17,18)16(3)9-12-8-11(2)20-15-12/h5-8H,9H2,1-4H3. The van der Waals surface area contributed by atoms with E-state index in [0.29, 0.717) is 17.2 Å². The zero-order valence-electron chi connectivity index (χ0n) is 12.5. The van der Waals surface area contributed by atoms with Crippen molar-refractivity contribution in [3.8, 4) is 5.75 Å². The summed E-state index contributed by atoms with van der Waals surface area (Å²) in [5, 5.41) is 3.81. The molecule has 0 N–H and O–H groups in total. The smallest absolute Gasteiger partial charge is 0.246 e. The molecule has 114 valence electrons. The van der Waals surface area contributed by atoms with Crippen LogP contribution in [0.2, 0.25) is 0 Å². The van der Waals surface area contributed by atoms with Crippen molar-refractivity contribution in [1.82, 2.24) is 9.46 Å². The van der Waals surface area contributed by atoms with E-state index in [1.54, 1.807) is 31.2 Å². The van der Waals surface area contributed by atoms with E-state index < -0.39 is 10.0 Å². The zero-order valence-corrected chi connectivity index (χ0v) is 13.3. The van der Waals surface area contributed by atoms with Crippen molar-refractivity contribution >= 4 is 10.0 Å². The quantitative estimate of drug-likeness (QED) is 0.846. The van der Waals surface area contributed by atoms with Crippen LogP contribution in [0.15, 0.2) is 33.7 Å². The number of hydrogen-bond donors (Lipinski definition) is 0. The van der Waals surface area contributed by atoms with E-state index in [9.17, 15) is 8.42 Å². The average Bonchev–Trinajstić information content (AvgIpc) is 2.84. The van der Waals surface area contributed by atoms with Gasteiger partial charge in [-0.15, -0.1) is 0 Å². The number of rotatable bonds is 5. The van der Waals surface area contributed by atoms with Crippen LogP contribution in [-0.2, 0) is 16.6 Å². The van der Waals surface area contributed by atoms with E-state index >= 15 is 0 Å². The van der Waals surface area contributed by atoms with E-state index in [4.69, 9.17) is 9.26 Å². The molecule has 2 aromatic rings. The molecule has 0 aliphatic rings. The first-order valence-electron chi connectivity index (χ1n) is 6.38. The van der Waals surface area contributed by atoms with Gasteiger partial charge in [0.15, 0.2) is 0 Å². The number of ether oxygens (including phenoxy) is 1. The molecule has 0 aliphatic heterocycles. The zero-order chi connectivity index (χ0) is 15.6. The first kappa shape index (κ1) is 15.5. The van der Waals surface area contributed by atoms with Crippen molar-refractivity contribution < 1.29 is 17.7 Å². The normalized spacial score (nSPS) is 11.9. The second kappa shape index (κ2) is 5.87. The van der Waals surface area contributed by atoms with Gasteiger partial charge < -0.3 is 9.26 Å². The molecule has 0 fully saturated rings. The van der Waals surface area contributed by atoms with Crippen LogP contribution in [-0.4, -0.2) is 32.0 Å². The summed E-state index contributed by atoms with van der Waals surface area (Å²) in [5.74, 6) is 0.965. The van der Waals surface area contributed by atoms with Gasteiger partial charge >= 0.3 is 0 Å². The fourth-order valence-electron chi connectivity index (χ4n) is 1.96. The number of sulfonamides is 1. The predicted molar refractivity (Wildman–Crippen MR) is 77.6 cm³/mol. The topological polar surface area (TPSA) is 72.6 Å². The first-order valence-corrected chi connectivity index (χ1v) is 7.82. The van der Waals surface area contributed by atoms with Crippen LogP contribution in [0.1, 0.15) is 17.0 Å². The van der Waals surface area contributed by atoms with Crippen LogP contribution in [0, 0.1) is 13.8 Å². The molecule has 1 aromatic carbocycles. The maximum atomic E-state index is 12.7. The summed E-state index contributed by atoms with van der Waals surface area (Å²) in [4.78, 5) is 0.146.